The summed E-state index contributed by atoms with van der Waals surface area (Å²) in [5.74, 6) is 2.04. The molecule has 1 aromatic carbocycles. The number of rotatable bonds is 6. The van der Waals surface area contributed by atoms with Gasteiger partial charge in [-0.3, -0.25) is 0 Å². The first-order valence-electron chi connectivity index (χ1n) is 8.93. The fourth-order valence-electron chi connectivity index (χ4n) is 3.96. The molecule has 0 bridgehead atoms. The van der Waals surface area contributed by atoms with Gasteiger partial charge in [-0.05, 0) is 61.5 Å². The van der Waals surface area contributed by atoms with E-state index >= 15 is 0 Å². The van der Waals surface area contributed by atoms with Crippen LogP contribution in [0.5, 0.6) is 0 Å². The second kappa shape index (κ2) is 6.10. The summed E-state index contributed by atoms with van der Waals surface area (Å²) < 4.78 is 0. The van der Waals surface area contributed by atoms with Crippen LogP contribution in [0.2, 0.25) is 0 Å². The van der Waals surface area contributed by atoms with Crippen LogP contribution in [0.4, 0.5) is 0 Å². The van der Waals surface area contributed by atoms with Gasteiger partial charge in [-0.15, -0.1) is 0 Å². The maximum Gasteiger partial charge on any atom is 0.0124 e. The van der Waals surface area contributed by atoms with E-state index in [9.17, 15) is 0 Å². The van der Waals surface area contributed by atoms with E-state index in [-0.39, 0.29) is 0 Å². The Labute approximate surface area is 128 Å². The molecule has 2 saturated carbocycles. The van der Waals surface area contributed by atoms with E-state index < -0.39 is 0 Å². The molecule has 0 spiro atoms. The maximum atomic E-state index is 3.89. The van der Waals surface area contributed by atoms with E-state index in [0.29, 0.717) is 0 Å². The van der Waals surface area contributed by atoms with Gasteiger partial charge in [-0.1, -0.05) is 24.3 Å². The van der Waals surface area contributed by atoms with Crippen molar-refractivity contribution in [2.75, 3.05) is 26.2 Å². The zero-order valence-electron chi connectivity index (χ0n) is 13.1. The predicted octanol–water partition coefficient (Wildman–Crippen LogP) is 2.87. The second-order valence-corrected chi connectivity index (χ2v) is 7.27. The van der Waals surface area contributed by atoms with Crippen LogP contribution in [0.1, 0.15) is 36.8 Å². The lowest BCUT2D eigenvalue weighted by Crippen LogP contribution is -2.40. The Hall–Kier alpha value is -0.860. The summed E-state index contributed by atoms with van der Waals surface area (Å²) in [5, 5.41) is 3.89. The lowest BCUT2D eigenvalue weighted by Gasteiger charge is -2.23. The quantitative estimate of drug-likeness (QED) is 0.864. The van der Waals surface area contributed by atoms with Crippen molar-refractivity contribution in [1.29, 1.82) is 0 Å². The Bertz CT molecular complexity index is 437. The molecule has 114 valence electrons. The van der Waals surface area contributed by atoms with Gasteiger partial charge in [0.1, 0.15) is 0 Å². The largest absolute Gasteiger partial charge is 0.312 e. The van der Waals surface area contributed by atoms with Crippen LogP contribution in [-0.2, 0) is 12.8 Å². The minimum atomic E-state index is 0.856. The minimum Gasteiger partial charge on any atom is -0.312 e. The molecule has 1 aliphatic heterocycles. The fourth-order valence-corrected chi connectivity index (χ4v) is 3.96. The van der Waals surface area contributed by atoms with Crippen LogP contribution >= 0.6 is 0 Å². The number of hydrogen-bond acceptors (Lipinski definition) is 2. The summed E-state index contributed by atoms with van der Waals surface area (Å²) in [4.78, 5) is 2.66. The van der Waals surface area contributed by atoms with E-state index in [0.717, 1.165) is 17.9 Å². The minimum absolute atomic E-state index is 0.856. The Morgan fingerprint density at radius 3 is 2.05 bits per heavy atom. The van der Waals surface area contributed by atoms with Gasteiger partial charge >= 0.3 is 0 Å². The van der Waals surface area contributed by atoms with Gasteiger partial charge in [-0.25, -0.2) is 0 Å². The topological polar surface area (TPSA) is 15.3 Å². The third-order valence-corrected chi connectivity index (χ3v) is 5.58. The van der Waals surface area contributed by atoms with Crippen LogP contribution in [0.25, 0.3) is 0 Å². The van der Waals surface area contributed by atoms with Gasteiger partial charge in [0.15, 0.2) is 0 Å². The summed E-state index contributed by atoms with van der Waals surface area (Å²) >= 11 is 0. The molecule has 0 atom stereocenters. The predicted molar refractivity (Wildman–Crippen MR) is 87.5 cm³/mol. The van der Waals surface area contributed by atoms with E-state index in [2.05, 4.69) is 34.5 Å². The summed E-state index contributed by atoms with van der Waals surface area (Å²) in [7, 11) is 0. The van der Waals surface area contributed by atoms with Gasteiger partial charge in [0, 0.05) is 32.2 Å². The number of nitrogens with one attached hydrogen (secondary N) is 1. The number of nitrogens with zero attached hydrogens (tertiary/aromatic N) is 1. The van der Waals surface area contributed by atoms with Crippen molar-refractivity contribution in [3.8, 4) is 0 Å². The maximum absolute atomic E-state index is 3.89. The molecule has 0 aromatic heterocycles. The first kappa shape index (κ1) is 13.8. The van der Waals surface area contributed by atoms with Crippen LogP contribution in [-0.4, -0.2) is 37.1 Å². The fraction of sp³-hybridized carbons (Fsp3) is 0.684. The van der Waals surface area contributed by atoms with Crippen molar-refractivity contribution in [2.24, 2.45) is 11.8 Å². The molecule has 2 aliphatic carbocycles. The Morgan fingerprint density at radius 2 is 1.52 bits per heavy atom. The third kappa shape index (κ3) is 3.49. The molecule has 4 rings (SSSR count). The van der Waals surface area contributed by atoms with Crippen molar-refractivity contribution in [2.45, 2.75) is 44.6 Å². The summed E-state index contributed by atoms with van der Waals surface area (Å²) in [6.07, 6.45) is 8.37. The van der Waals surface area contributed by atoms with E-state index in [1.165, 1.54) is 64.7 Å². The monoisotopic (exact) mass is 284 g/mol. The first-order valence-corrected chi connectivity index (χ1v) is 8.93. The smallest absolute Gasteiger partial charge is 0.0124 e. The van der Waals surface area contributed by atoms with Crippen molar-refractivity contribution in [3.05, 3.63) is 35.4 Å². The molecule has 21 heavy (non-hydrogen) atoms. The van der Waals surface area contributed by atoms with Gasteiger partial charge in [0.05, 0.1) is 0 Å². The van der Waals surface area contributed by atoms with E-state index in [1.807, 2.05) is 0 Å². The number of fused-ring (bicyclic) bond motifs is 1. The summed E-state index contributed by atoms with van der Waals surface area (Å²) in [6.45, 7) is 4.88. The Balaban J connectivity index is 1.24. The molecule has 0 unspecified atom stereocenters. The van der Waals surface area contributed by atoms with Crippen LogP contribution in [0.3, 0.4) is 0 Å². The highest BCUT2D eigenvalue weighted by molar-refractivity contribution is 5.28. The summed E-state index contributed by atoms with van der Waals surface area (Å²) in [6, 6.07) is 9.85. The lowest BCUT2D eigenvalue weighted by atomic mass is 10.0. The zero-order valence-corrected chi connectivity index (χ0v) is 13.1. The highest BCUT2D eigenvalue weighted by Crippen LogP contribution is 2.44. The molecule has 0 radical (unpaired) electrons. The van der Waals surface area contributed by atoms with Gasteiger partial charge in [0.2, 0.25) is 0 Å². The molecule has 3 aliphatic rings. The average Bonchev–Trinajstić information content (AvgIpc) is 3.39. The highest BCUT2D eigenvalue weighted by atomic mass is 15.1. The van der Waals surface area contributed by atoms with Crippen molar-refractivity contribution in [3.63, 3.8) is 0 Å². The van der Waals surface area contributed by atoms with Gasteiger partial charge < -0.3 is 10.2 Å². The standard InChI is InChI=1S/C19H28N2/c1-2-4-16-10-13-21(12-9-15(16)3-1)14-11-20-19(17-5-6-17)18-7-8-18/h1-4,17-20H,5-14H2. The lowest BCUT2D eigenvalue weighted by molar-refractivity contribution is 0.274. The van der Waals surface area contributed by atoms with Gasteiger partial charge in [0.25, 0.3) is 0 Å². The molecule has 0 saturated heterocycles. The van der Waals surface area contributed by atoms with Crippen LogP contribution in [0.15, 0.2) is 24.3 Å². The molecule has 0 amide bonds. The first-order chi connectivity index (χ1) is 10.4. The SMILES string of the molecule is c1ccc2c(c1)CCN(CCNC(C1CC1)C1CC1)CC2. The van der Waals surface area contributed by atoms with E-state index in [1.54, 1.807) is 11.1 Å². The Morgan fingerprint density at radius 1 is 0.952 bits per heavy atom. The molecule has 2 heteroatoms. The Kier molecular flexibility index (Phi) is 4.00. The molecule has 1 heterocycles. The molecular formula is C19H28N2. The van der Waals surface area contributed by atoms with Crippen molar-refractivity contribution in [1.82, 2.24) is 10.2 Å². The van der Waals surface area contributed by atoms with Gasteiger partial charge in [-0.2, -0.15) is 0 Å². The van der Waals surface area contributed by atoms with Crippen LogP contribution in [0, 0.1) is 11.8 Å². The number of hydrogen-bond donors (Lipinski definition) is 1. The zero-order chi connectivity index (χ0) is 14.1. The summed E-state index contributed by atoms with van der Waals surface area (Å²) in [5.41, 5.74) is 3.14. The molecule has 1 aromatic rings. The average molecular weight is 284 g/mol. The molecule has 1 N–H and O–H groups in total. The molecular weight excluding hydrogens is 256 g/mol. The molecule has 2 fully saturated rings. The molecule has 2 nitrogen and oxygen atoms in total. The van der Waals surface area contributed by atoms with E-state index in [4.69, 9.17) is 0 Å². The third-order valence-electron chi connectivity index (χ3n) is 5.58. The highest BCUT2D eigenvalue weighted by Gasteiger charge is 2.40. The van der Waals surface area contributed by atoms with Crippen molar-refractivity contribution < 1.29 is 0 Å². The van der Waals surface area contributed by atoms with Crippen LogP contribution < -0.4 is 5.32 Å². The number of benzene rings is 1. The normalized spacial score (nSPS) is 23.1. The van der Waals surface area contributed by atoms with Crippen molar-refractivity contribution >= 4 is 0 Å². The second-order valence-electron chi connectivity index (χ2n) is 7.27.